The summed E-state index contributed by atoms with van der Waals surface area (Å²) in [4.78, 5) is 5.58. The molecule has 198 valence electrons. The molecule has 0 aliphatic carbocycles. The molecule has 0 amide bonds. The molecule has 2 heterocycles. The minimum Gasteiger partial charge on any atom is -0.595 e. The number of thiazole rings is 1. The van der Waals surface area contributed by atoms with Crippen LogP contribution in [0.4, 0.5) is 17.1 Å². The third-order valence-corrected chi connectivity index (χ3v) is 7.23. The van der Waals surface area contributed by atoms with Crippen LogP contribution in [0.15, 0.2) is 90.0 Å². The third-order valence-electron chi connectivity index (χ3n) is 5.98. The van der Waals surface area contributed by atoms with Gasteiger partial charge < -0.3 is 10.4 Å². The number of quaternary nitrogens is 2. The van der Waals surface area contributed by atoms with Crippen molar-refractivity contribution in [3.63, 3.8) is 0 Å². The Hall–Kier alpha value is -4.27. The molecule has 0 bridgehead atoms. The van der Waals surface area contributed by atoms with Crippen LogP contribution in [0.2, 0.25) is 0 Å². The molecule has 5 rings (SSSR count). The van der Waals surface area contributed by atoms with Gasteiger partial charge in [0.2, 0.25) is 5.13 Å². The topological polar surface area (TPSA) is 151 Å². The Labute approximate surface area is 227 Å². The second kappa shape index (κ2) is 11.2. The average Bonchev–Trinajstić information content (AvgIpc) is 3.56. The van der Waals surface area contributed by atoms with E-state index in [1.807, 2.05) is 78.3 Å². The van der Waals surface area contributed by atoms with Gasteiger partial charge in [-0.05, 0) is 26.0 Å². The van der Waals surface area contributed by atoms with E-state index in [0.717, 1.165) is 39.2 Å². The van der Waals surface area contributed by atoms with Gasteiger partial charge >= 0.3 is 0 Å². The highest BCUT2D eigenvalue weighted by molar-refractivity contribution is 7.16. The van der Waals surface area contributed by atoms with Crippen molar-refractivity contribution in [2.24, 2.45) is 5.10 Å². The third kappa shape index (κ3) is 5.62. The van der Waals surface area contributed by atoms with E-state index in [9.17, 15) is 20.8 Å². The fraction of sp³-hybridized carbons (Fsp3) is 0.0741. The second-order valence-electron chi connectivity index (χ2n) is 8.65. The molecule has 39 heavy (non-hydrogen) atoms. The largest absolute Gasteiger partial charge is 0.595 e. The van der Waals surface area contributed by atoms with Crippen LogP contribution >= 0.6 is 11.3 Å². The Balaban J connectivity index is 1.50. The molecule has 5 aromatic rings. The number of aromatic nitrogens is 3. The minimum absolute atomic E-state index is 0.120. The Bertz CT molecular complexity index is 1620. The van der Waals surface area contributed by atoms with E-state index in [4.69, 9.17) is 10.1 Å². The summed E-state index contributed by atoms with van der Waals surface area (Å²) in [6.07, 6.45) is 0. The van der Waals surface area contributed by atoms with Crippen LogP contribution in [0.3, 0.4) is 0 Å². The molecule has 12 heteroatoms. The molecule has 0 fully saturated rings. The molecule has 0 aliphatic rings. The first kappa shape index (κ1) is 26.3. The van der Waals surface area contributed by atoms with Crippen LogP contribution in [0.1, 0.15) is 17.5 Å². The Morgan fingerprint density at radius 2 is 1.59 bits per heavy atom. The van der Waals surface area contributed by atoms with E-state index in [0.29, 0.717) is 10.8 Å². The summed E-state index contributed by atoms with van der Waals surface area (Å²) in [5, 5.41) is 49.1. The number of anilines is 1. The fourth-order valence-corrected chi connectivity index (χ4v) is 5.02. The second-order valence-corrected chi connectivity index (χ2v) is 9.63. The van der Waals surface area contributed by atoms with Gasteiger partial charge in [0.25, 0.3) is 0 Å². The van der Waals surface area contributed by atoms with Crippen LogP contribution < -0.4 is 15.9 Å². The smallest absolute Gasteiger partial charge is 0.211 e. The molecule has 5 N–H and O–H groups in total. The van der Waals surface area contributed by atoms with Gasteiger partial charge in [-0.3, -0.25) is 5.43 Å². The number of hydrazone groups is 1. The first-order valence-electron chi connectivity index (χ1n) is 11.9. The lowest BCUT2D eigenvalue weighted by Gasteiger charge is -2.18. The van der Waals surface area contributed by atoms with E-state index in [-0.39, 0.29) is 17.1 Å². The number of hydrogen-bond acceptors (Lipinski definition) is 9. The zero-order valence-corrected chi connectivity index (χ0v) is 21.8. The highest BCUT2D eigenvalue weighted by Gasteiger charge is 2.19. The zero-order chi connectivity index (χ0) is 27.5. The number of benzene rings is 3. The van der Waals surface area contributed by atoms with E-state index in [1.54, 1.807) is 6.92 Å². The van der Waals surface area contributed by atoms with Gasteiger partial charge in [0, 0.05) is 17.2 Å². The first-order chi connectivity index (χ1) is 18.8. The van der Waals surface area contributed by atoms with Gasteiger partial charge in [-0.15, -0.1) is 0 Å². The highest BCUT2D eigenvalue weighted by Crippen LogP contribution is 2.31. The van der Waals surface area contributed by atoms with Crippen molar-refractivity contribution in [2.75, 3.05) is 5.43 Å². The lowest BCUT2D eigenvalue weighted by molar-refractivity contribution is -0.996. The molecule has 2 atom stereocenters. The van der Waals surface area contributed by atoms with E-state index >= 15 is 0 Å². The summed E-state index contributed by atoms with van der Waals surface area (Å²) in [7, 11) is 0. The SMILES string of the molecule is C/C(=N\Nc1ccc([NH+]([O-])O)cc1[NH+]([O-])O)c1sc(-n2nc(-c3ccccc3)cc2-c2ccccc2)nc1C. The predicted molar refractivity (Wildman–Crippen MR) is 149 cm³/mol. The molecule has 0 saturated heterocycles. The van der Waals surface area contributed by atoms with Crippen molar-refractivity contribution < 1.29 is 20.9 Å². The molecule has 0 saturated carbocycles. The molecule has 11 nitrogen and oxygen atoms in total. The van der Waals surface area contributed by atoms with E-state index < -0.39 is 10.5 Å². The fourth-order valence-electron chi connectivity index (χ4n) is 4.05. The van der Waals surface area contributed by atoms with Crippen molar-refractivity contribution in [2.45, 2.75) is 13.8 Å². The number of hydrogen-bond donors (Lipinski definition) is 5. The lowest BCUT2D eigenvalue weighted by Crippen LogP contribution is -3.00. The molecule has 0 radical (unpaired) electrons. The normalized spacial score (nSPS) is 13.3. The van der Waals surface area contributed by atoms with Gasteiger partial charge in [-0.1, -0.05) is 72.0 Å². The summed E-state index contributed by atoms with van der Waals surface area (Å²) in [5.41, 5.74) is 7.68. The standard InChI is InChI=1S/C27H25N7O4S/c1-17-26(18(2)29-30-22-14-13-21(33(35)36)15-25(22)34(37)38)39-27(28-17)32-24(20-11-7-4-8-12-20)16-23(31-32)19-9-5-3-6-10-19/h3-16,30,33-35,37H,1-2H3/b29-18+. The van der Waals surface area contributed by atoms with Crippen molar-refractivity contribution >= 4 is 34.1 Å². The highest BCUT2D eigenvalue weighted by atomic mass is 32.1. The van der Waals surface area contributed by atoms with E-state index in [1.165, 1.54) is 23.5 Å². The van der Waals surface area contributed by atoms with Gasteiger partial charge in [0.15, 0.2) is 11.4 Å². The van der Waals surface area contributed by atoms with Crippen molar-refractivity contribution in [3.05, 3.63) is 106 Å². The van der Waals surface area contributed by atoms with Crippen LogP contribution in [-0.2, 0) is 0 Å². The predicted octanol–water partition coefficient (Wildman–Crippen LogP) is 3.61. The Morgan fingerprint density at radius 1 is 0.923 bits per heavy atom. The van der Waals surface area contributed by atoms with Gasteiger partial charge in [0.05, 0.1) is 33.7 Å². The maximum atomic E-state index is 11.7. The molecule has 3 aromatic carbocycles. The molecule has 0 spiro atoms. The number of rotatable bonds is 8. The lowest BCUT2D eigenvalue weighted by atomic mass is 10.1. The number of nitrogens with zero attached hydrogens (tertiary/aromatic N) is 4. The molecule has 0 aliphatic heterocycles. The quantitative estimate of drug-likeness (QED) is 0.148. The molecule has 2 aromatic heterocycles. The molecular formula is C27H25N7O4S. The van der Waals surface area contributed by atoms with Crippen LogP contribution in [-0.4, -0.2) is 30.9 Å². The molecule has 2 unspecified atom stereocenters. The maximum Gasteiger partial charge on any atom is 0.211 e. The summed E-state index contributed by atoms with van der Waals surface area (Å²) in [6.45, 7) is 3.67. The summed E-state index contributed by atoms with van der Waals surface area (Å²) < 4.78 is 1.83. The summed E-state index contributed by atoms with van der Waals surface area (Å²) in [6, 6.07) is 25.7. The van der Waals surface area contributed by atoms with Crippen molar-refractivity contribution in [1.29, 1.82) is 0 Å². The van der Waals surface area contributed by atoms with Crippen LogP contribution in [0.25, 0.3) is 27.6 Å². The van der Waals surface area contributed by atoms with Gasteiger partial charge in [-0.2, -0.15) is 20.7 Å². The number of aryl methyl sites for hydroxylation is 1. The maximum absolute atomic E-state index is 11.7. The zero-order valence-electron chi connectivity index (χ0n) is 21.0. The Kier molecular flexibility index (Phi) is 7.58. The van der Waals surface area contributed by atoms with E-state index in [2.05, 4.69) is 10.5 Å². The summed E-state index contributed by atoms with van der Waals surface area (Å²) >= 11 is 1.41. The van der Waals surface area contributed by atoms with Crippen molar-refractivity contribution in [3.8, 4) is 27.6 Å². The minimum atomic E-state index is -1.26. The monoisotopic (exact) mass is 543 g/mol. The first-order valence-corrected chi connectivity index (χ1v) is 12.7. The Morgan fingerprint density at radius 3 is 2.23 bits per heavy atom. The van der Waals surface area contributed by atoms with Crippen molar-refractivity contribution in [1.82, 2.24) is 14.8 Å². The average molecular weight is 544 g/mol. The summed E-state index contributed by atoms with van der Waals surface area (Å²) in [5.74, 6) is 0. The van der Waals surface area contributed by atoms with Gasteiger partial charge in [-0.25, -0.2) is 20.1 Å². The van der Waals surface area contributed by atoms with Crippen LogP contribution in [0.5, 0.6) is 0 Å². The van der Waals surface area contributed by atoms with Crippen LogP contribution in [0, 0.1) is 17.3 Å². The van der Waals surface area contributed by atoms with Gasteiger partial charge in [0.1, 0.15) is 5.69 Å². The number of nitrogens with one attached hydrogen (secondary N) is 3. The molecular weight excluding hydrogens is 518 g/mol.